The zero-order chi connectivity index (χ0) is 16.8. The van der Waals surface area contributed by atoms with Crippen LogP contribution >= 0.6 is 0 Å². The number of phenols is 1. The molecule has 0 spiro atoms. The van der Waals surface area contributed by atoms with E-state index in [0.717, 1.165) is 18.7 Å². The van der Waals surface area contributed by atoms with Gasteiger partial charge in [-0.3, -0.25) is 0 Å². The number of phenolic OH excluding ortho intramolecular Hbond substituents is 1. The Morgan fingerprint density at radius 3 is 2.88 bits per heavy atom. The summed E-state index contributed by atoms with van der Waals surface area (Å²) in [4.78, 5) is 8.11. The molecule has 24 heavy (non-hydrogen) atoms. The highest BCUT2D eigenvalue weighted by molar-refractivity contribution is 5.67. The van der Waals surface area contributed by atoms with Crippen molar-refractivity contribution in [2.24, 2.45) is 0 Å². The van der Waals surface area contributed by atoms with Crippen LogP contribution in [0, 0.1) is 0 Å². The fraction of sp³-hybridized carbons (Fsp3) is 0.250. The van der Waals surface area contributed by atoms with E-state index < -0.39 is 0 Å². The summed E-state index contributed by atoms with van der Waals surface area (Å²) < 4.78 is 7.20. The lowest BCUT2D eigenvalue weighted by atomic mass is 10.1. The van der Waals surface area contributed by atoms with Crippen LogP contribution in [-0.2, 0) is 0 Å². The smallest absolute Gasteiger partial charge is 0.335 e. The van der Waals surface area contributed by atoms with Gasteiger partial charge in [0.15, 0.2) is 0 Å². The molecule has 0 aliphatic heterocycles. The number of rotatable bonds is 7. The van der Waals surface area contributed by atoms with Crippen molar-refractivity contribution in [1.82, 2.24) is 30.0 Å². The lowest BCUT2D eigenvalue weighted by Crippen LogP contribution is -2.12. The van der Waals surface area contributed by atoms with E-state index in [2.05, 4.69) is 25.5 Å². The van der Waals surface area contributed by atoms with Gasteiger partial charge in [-0.2, -0.15) is 0 Å². The molecule has 2 N–H and O–H groups in total. The van der Waals surface area contributed by atoms with Crippen LogP contribution in [0.2, 0.25) is 0 Å². The highest BCUT2D eigenvalue weighted by atomic mass is 16.5. The molecule has 3 rings (SSSR count). The number of benzene rings is 1. The van der Waals surface area contributed by atoms with E-state index in [1.165, 1.54) is 6.20 Å². The maximum atomic E-state index is 10.2. The first-order valence-electron chi connectivity index (χ1n) is 7.57. The maximum Gasteiger partial charge on any atom is 0.335 e. The van der Waals surface area contributed by atoms with E-state index in [-0.39, 0.29) is 11.8 Å². The second kappa shape index (κ2) is 7.51. The Morgan fingerprint density at radius 1 is 1.29 bits per heavy atom. The molecule has 1 aromatic carbocycles. The Balaban J connectivity index is 1.72. The van der Waals surface area contributed by atoms with E-state index in [1.807, 2.05) is 13.1 Å². The second-order valence-corrected chi connectivity index (χ2v) is 5.10. The maximum absolute atomic E-state index is 10.2. The number of hydrogen-bond donors (Lipinski definition) is 2. The molecule has 0 saturated carbocycles. The third-order valence-corrected chi connectivity index (χ3v) is 3.40. The molecule has 124 valence electrons. The number of aromatic hydroxyl groups is 1. The Labute approximate surface area is 139 Å². The van der Waals surface area contributed by atoms with Gasteiger partial charge in [-0.1, -0.05) is 5.10 Å². The van der Waals surface area contributed by atoms with Gasteiger partial charge < -0.3 is 19.7 Å². The molecule has 0 aliphatic carbocycles. The summed E-state index contributed by atoms with van der Waals surface area (Å²) in [6.45, 7) is 1.38. The van der Waals surface area contributed by atoms with Crippen LogP contribution in [0.4, 0.5) is 0 Å². The molecule has 8 nitrogen and oxygen atoms in total. The molecule has 8 heteroatoms. The second-order valence-electron chi connectivity index (χ2n) is 5.10. The monoisotopic (exact) mass is 326 g/mol. The largest absolute Gasteiger partial charge is 0.507 e. The van der Waals surface area contributed by atoms with Crippen molar-refractivity contribution in [2.75, 3.05) is 20.2 Å². The van der Waals surface area contributed by atoms with Crippen LogP contribution in [0.5, 0.6) is 11.8 Å². The normalized spacial score (nSPS) is 10.7. The predicted molar refractivity (Wildman–Crippen MR) is 88.1 cm³/mol. The van der Waals surface area contributed by atoms with Crippen LogP contribution in [0.25, 0.3) is 16.9 Å². The number of ether oxygens (including phenoxy) is 1. The highest BCUT2D eigenvalue weighted by Crippen LogP contribution is 2.29. The SMILES string of the molecule is CNCCCOc1ncc(-c2ccc(-n3ccnc3)cc2O)nn1. The Hall–Kier alpha value is -3.00. The third-order valence-electron chi connectivity index (χ3n) is 3.40. The molecular weight excluding hydrogens is 308 g/mol. The topological polar surface area (TPSA) is 98.0 Å². The molecule has 0 saturated heterocycles. The molecule has 0 fully saturated rings. The Bertz CT molecular complexity index is 774. The number of aromatic nitrogens is 5. The fourth-order valence-corrected chi connectivity index (χ4v) is 2.18. The van der Waals surface area contributed by atoms with Gasteiger partial charge in [0, 0.05) is 24.0 Å². The average molecular weight is 326 g/mol. The summed E-state index contributed by atoms with van der Waals surface area (Å²) >= 11 is 0. The van der Waals surface area contributed by atoms with Gasteiger partial charge >= 0.3 is 6.01 Å². The average Bonchev–Trinajstić information content (AvgIpc) is 3.14. The van der Waals surface area contributed by atoms with Crippen LogP contribution in [0.1, 0.15) is 6.42 Å². The number of hydrogen-bond acceptors (Lipinski definition) is 7. The van der Waals surface area contributed by atoms with E-state index in [4.69, 9.17) is 4.74 Å². The van der Waals surface area contributed by atoms with Crippen LogP contribution in [0.3, 0.4) is 0 Å². The summed E-state index contributed by atoms with van der Waals surface area (Å²) in [6, 6.07) is 5.50. The number of imidazole rings is 1. The Morgan fingerprint density at radius 2 is 2.21 bits per heavy atom. The molecule has 0 bridgehead atoms. The first-order chi connectivity index (χ1) is 11.8. The Kier molecular flexibility index (Phi) is 4.97. The molecular formula is C16H18N6O2. The van der Waals surface area contributed by atoms with Crippen molar-refractivity contribution in [3.63, 3.8) is 0 Å². The van der Waals surface area contributed by atoms with Gasteiger partial charge in [0.2, 0.25) is 0 Å². The lowest BCUT2D eigenvalue weighted by molar-refractivity contribution is 0.282. The summed E-state index contributed by atoms with van der Waals surface area (Å²) in [7, 11) is 1.89. The molecule has 0 radical (unpaired) electrons. The van der Waals surface area contributed by atoms with Gasteiger partial charge in [-0.25, -0.2) is 9.97 Å². The zero-order valence-corrected chi connectivity index (χ0v) is 13.3. The quantitative estimate of drug-likeness (QED) is 0.634. The van der Waals surface area contributed by atoms with E-state index >= 15 is 0 Å². The van der Waals surface area contributed by atoms with Gasteiger partial charge in [0.25, 0.3) is 0 Å². The summed E-state index contributed by atoms with van der Waals surface area (Å²) in [6.07, 6.45) is 7.53. The van der Waals surface area contributed by atoms with Gasteiger partial charge in [-0.15, -0.1) is 5.10 Å². The fourth-order valence-electron chi connectivity index (χ4n) is 2.18. The van der Waals surface area contributed by atoms with Crippen molar-refractivity contribution < 1.29 is 9.84 Å². The molecule has 0 atom stereocenters. The molecule has 0 aliphatic rings. The van der Waals surface area contributed by atoms with Crippen LogP contribution < -0.4 is 10.1 Å². The van der Waals surface area contributed by atoms with Gasteiger partial charge in [0.1, 0.15) is 11.4 Å². The number of nitrogens with one attached hydrogen (secondary N) is 1. The lowest BCUT2D eigenvalue weighted by Gasteiger charge is -2.08. The minimum atomic E-state index is 0.0972. The minimum absolute atomic E-state index is 0.0972. The minimum Gasteiger partial charge on any atom is -0.507 e. The first kappa shape index (κ1) is 15.9. The summed E-state index contributed by atoms with van der Waals surface area (Å²) in [5, 5.41) is 21.3. The van der Waals surface area contributed by atoms with E-state index in [0.29, 0.717) is 17.9 Å². The highest BCUT2D eigenvalue weighted by Gasteiger charge is 2.09. The molecule has 2 aromatic heterocycles. The van der Waals surface area contributed by atoms with E-state index in [1.54, 1.807) is 35.4 Å². The first-order valence-corrected chi connectivity index (χ1v) is 7.57. The van der Waals surface area contributed by atoms with Gasteiger partial charge in [0.05, 0.1) is 24.8 Å². The van der Waals surface area contributed by atoms with Crippen molar-refractivity contribution in [3.05, 3.63) is 43.1 Å². The molecule has 3 aromatic rings. The predicted octanol–water partition coefficient (Wildman–Crippen LogP) is 1.42. The van der Waals surface area contributed by atoms with Crippen molar-refractivity contribution in [3.8, 4) is 28.7 Å². The van der Waals surface area contributed by atoms with E-state index in [9.17, 15) is 5.11 Å². The molecule has 0 unspecified atom stereocenters. The third kappa shape index (κ3) is 3.66. The van der Waals surface area contributed by atoms with Crippen molar-refractivity contribution in [2.45, 2.75) is 6.42 Å². The van der Waals surface area contributed by atoms with Crippen LogP contribution in [-0.4, -0.2) is 50.0 Å². The molecule has 2 heterocycles. The van der Waals surface area contributed by atoms with Crippen molar-refractivity contribution >= 4 is 0 Å². The zero-order valence-electron chi connectivity index (χ0n) is 13.3. The molecule has 0 amide bonds. The number of nitrogens with zero attached hydrogens (tertiary/aromatic N) is 5. The van der Waals surface area contributed by atoms with Crippen molar-refractivity contribution in [1.29, 1.82) is 0 Å². The summed E-state index contributed by atoms with van der Waals surface area (Å²) in [5.74, 6) is 0.0972. The summed E-state index contributed by atoms with van der Waals surface area (Å²) in [5.41, 5.74) is 1.84. The standard InChI is InChI=1S/C16H18N6O2/c1-17-5-2-8-24-16-19-10-14(20-21-16)13-4-3-12(9-15(13)23)22-7-6-18-11-22/h3-4,6-7,9-11,17,23H,2,5,8H2,1H3. The van der Waals surface area contributed by atoms with Gasteiger partial charge in [-0.05, 0) is 32.1 Å². The van der Waals surface area contributed by atoms with Crippen LogP contribution in [0.15, 0.2) is 43.1 Å².